The minimum absolute atomic E-state index is 0.150. The zero-order valence-electron chi connectivity index (χ0n) is 11.8. The van der Waals surface area contributed by atoms with Gasteiger partial charge >= 0.3 is 11.9 Å². The monoisotopic (exact) mass is 298 g/mol. The number of phenols is 1. The Morgan fingerprint density at radius 1 is 1.00 bits per heavy atom. The molecule has 0 aliphatic carbocycles. The first-order valence-corrected chi connectivity index (χ1v) is 6.44. The summed E-state index contributed by atoms with van der Waals surface area (Å²) in [5.41, 5.74) is 1.80. The summed E-state index contributed by atoms with van der Waals surface area (Å²) in [5, 5.41) is 18.4. The van der Waals surface area contributed by atoms with Crippen LogP contribution in [0.15, 0.2) is 42.5 Å². The van der Waals surface area contributed by atoms with E-state index in [2.05, 4.69) is 4.74 Å². The van der Waals surface area contributed by atoms with Crippen LogP contribution < -0.4 is 0 Å². The summed E-state index contributed by atoms with van der Waals surface area (Å²) in [6.07, 6.45) is 3.50. The van der Waals surface area contributed by atoms with Crippen LogP contribution in [0.4, 0.5) is 0 Å². The van der Waals surface area contributed by atoms with Crippen molar-refractivity contribution in [2.45, 2.75) is 0 Å². The Labute approximate surface area is 127 Å². The van der Waals surface area contributed by atoms with E-state index in [-0.39, 0.29) is 11.3 Å². The molecule has 0 spiro atoms. The van der Waals surface area contributed by atoms with Crippen molar-refractivity contribution in [1.29, 1.82) is 0 Å². The van der Waals surface area contributed by atoms with Gasteiger partial charge in [0.05, 0.1) is 12.7 Å². The first kappa shape index (κ1) is 15.3. The zero-order valence-corrected chi connectivity index (χ0v) is 11.8. The molecule has 0 aliphatic heterocycles. The van der Waals surface area contributed by atoms with E-state index in [1.54, 1.807) is 42.5 Å². The minimum atomic E-state index is -1.19. The van der Waals surface area contributed by atoms with E-state index < -0.39 is 11.9 Å². The molecule has 2 aromatic rings. The standard InChI is InChI=1S/C17H14O5/c1-22-17(21)13-7-4-11(5-8-13)2-3-12-6-9-15(18)14(10-12)16(19)20/h2-10,18H,1H3,(H,19,20)/b3-2+. The third kappa shape index (κ3) is 3.52. The predicted molar refractivity (Wildman–Crippen MR) is 81.8 cm³/mol. The molecule has 0 aliphatic rings. The number of hydrogen-bond acceptors (Lipinski definition) is 4. The minimum Gasteiger partial charge on any atom is -0.507 e. The molecule has 112 valence electrons. The first-order valence-electron chi connectivity index (χ1n) is 6.44. The fourth-order valence-electron chi connectivity index (χ4n) is 1.87. The Bertz CT molecular complexity index is 729. The Morgan fingerprint density at radius 3 is 2.18 bits per heavy atom. The van der Waals surface area contributed by atoms with E-state index in [0.29, 0.717) is 11.1 Å². The van der Waals surface area contributed by atoms with E-state index >= 15 is 0 Å². The van der Waals surface area contributed by atoms with E-state index in [9.17, 15) is 14.7 Å². The summed E-state index contributed by atoms with van der Waals surface area (Å²) in [6.45, 7) is 0. The molecule has 0 heterocycles. The van der Waals surface area contributed by atoms with Gasteiger partial charge in [0.25, 0.3) is 0 Å². The first-order chi connectivity index (χ1) is 10.5. The number of carboxylic acids is 1. The van der Waals surface area contributed by atoms with E-state index in [1.807, 2.05) is 0 Å². The highest BCUT2D eigenvalue weighted by Gasteiger charge is 2.09. The molecule has 0 radical (unpaired) electrons. The topological polar surface area (TPSA) is 83.8 Å². The van der Waals surface area contributed by atoms with Crippen LogP contribution in [-0.2, 0) is 4.74 Å². The number of hydrogen-bond donors (Lipinski definition) is 2. The molecule has 0 unspecified atom stereocenters. The van der Waals surface area contributed by atoms with Gasteiger partial charge in [0.2, 0.25) is 0 Å². The van der Waals surface area contributed by atoms with Gasteiger partial charge in [-0.1, -0.05) is 30.4 Å². The van der Waals surface area contributed by atoms with E-state index in [1.165, 1.54) is 19.2 Å². The van der Waals surface area contributed by atoms with Crippen LogP contribution in [0.2, 0.25) is 0 Å². The van der Waals surface area contributed by atoms with Crippen LogP contribution in [-0.4, -0.2) is 29.3 Å². The van der Waals surface area contributed by atoms with Crippen LogP contribution in [0.1, 0.15) is 31.8 Å². The van der Waals surface area contributed by atoms with Gasteiger partial charge in [0, 0.05) is 0 Å². The molecule has 0 saturated carbocycles. The van der Waals surface area contributed by atoms with Crippen LogP contribution in [0, 0.1) is 0 Å². The lowest BCUT2D eigenvalue weighted by atomic mass is 10.1. The lowest BCUT2D eigenvalue weighted by molar-refractivity contribution is 0.0599. The second kappa shape index (κ2) is 6.58. The molecule has 0 amide bonds. The Balaban J connectivity index is 2.20. The van der Waals surface area contributed by atoms with Crippen molar-refractivity contribution in [3.8, 4) is 5.75 Å². The Hall–Kier alpha value is -3.08. The highest BCUT2D eigenvalue weighted by molar-refractivity contribution is 5.92. The second-order valence-corrected chi connectivity index (χ2v) is 4.53. The number of rotatable bonds is 4. The van der Waals surface area contributed by atoms with Crippen LogP contribution in [0.25, 0.3) is 12.2 Å². The quantitative estimate of drug-likeness (QED) is 0.669. The third-order valence-electron chi connectivity index (χ3n) is 3.05. The van der Waals surface area contributed by atoms with Gasteiger partial charge < -0.3 is 14.9 Å². The summed E-state index contributed by atoms with van der Waals surface area (Å²) in [5.74, 6) is -1.86. The molecule has 0 saturated heterocycles. The van der Waals surface area contributed by atoms with Crippen molar-refractivity contribution >= 4 is 24.1 Å². The van der Waals surface area contributed by atoms with Gasteiger partial charge in [-0.15, -0.1) is 0 Å². The summed E-state index contributed by atoms with van der Waals surface area (Å²) < 4.78 is 4.62. The number of esters is 1. The average Bonchev–Trinajstić information content (AvgIpc) is 2.53. The van der Waals surface area contributed by atoms with Crippen molar-refractivity contribution in [2.24, 2.45) is 0 Å². The van der Waals surface area contributed by atoms with Crippen molar-refractivity contribution < 1.29 is 24.5 Å². The largest absolute Gasteiger partial charge is 0.507 e. The van der Waals surface area contributed by atoms with Gasteiger partial charge in [0.15, 0.2) is 0 Å². The van der Waals surface area contributed by atoms with Gasteiger partial charge in [-0.25, -0.2) is 9.59 Å². The summed E-state index contributed by atoms with van der Waals surface area (Å²) in [4.78, 5) is 22.3. The Kier molecular flexibility index (Phi) is 4.58. The van der Waals surface area contributed by atoms with Gasteiger partial charge in [-0.05, 0) is 35.4 Å². The van der Waals surface area contributed by atoms with Gasteiger partial charge in [0.1, 0.15) is 11.3 Å². The van der Waals surface area contributed by atoms with Gasteiger partial charge in [-0.2, -0.15) is 0 Å². The number of aromatic carboxylic acids is 1. The maximum atomic E-state index is 11.3. The SMILES string of the molecule is COC(=O)c1ccc(/C=C/c2ccc(O)c(C(=O)O)c2)cc1. The second-order valence-electron chi connectivity index (χ2n) is 4.53. The smallest absolute Gasteiger partial charge is 0.339 e. The molecular weight excluding hydrogens is 284 g/mol. The molecule has 2 rings (SSSR count). The lowest BCUT2D eigenvalue weighted by Gasteiger charge is -2.01. The zero-order chi connectivity index (χ0) is 16.1. The molecule has 0 fully saturated rings. The number of methoxy groups -OCH3 is 1. The number of carboxylic acid groups (broad SMARTS) is 1. The van der Waals surface area contributed by atoms with Crippen molar-refractivity contribution in [2.75, 3.05) is 7.11 Å². The number of carbonyl (C=O) groups excluding carboxylic acids is 1. The van der Waals surface area contributed by atoms with E-state index in [0.717, 1.165) is 5.56 Å². The molecule has 5 nitrogen and oxygen atoms in total. The third-order valence-corrected chi connectivity index (χ3v) is 3.05. The summed E-state index contributed by atoms with van der Waals surface area (Å²) in [7, 11) is 1.32. The molecule has 0 atom stereocenters. The number of aromatic hydroxyl groups is 1. The fourth-order valence-corrected chi connectivity index (χ4v) is 1.87. The molecule has 5 heteroatoms. The van der Waals surface area contributed by atoms with Crippen molar-refractivity contribution in [3.05, 3.63) is 64.7 Å². The van der Waals surface area contributed by atoms with Crippen molar-refractivity contribution in [3.63, 3.8) is 0 Å². The summed E-state index contributed by atoms with van der Waals surface area (Å²) >= 11 is 0. The molecule has 2 N–H and O–H groups in total. The number of ether oxygens (including phenoxy) is 1. The Morgan fingerprint density at radius 2 is 1.59 bits per heavy atom. The average molecular weight is 298 g/mol. The van der Waals surface area contributed by atoms with Crippen molar-refractivity contribution in [1.82, 2.24) is 0 Å². The molecular formula is C17H14O5. The van der Waals surface area contributed by atoms with Gasteiger partial charge in [-0.3, -0.25) is 0 Å². The molecule has 0 bridgehead atoms. The van der Waals surface area contributed by atoms with Crippen LogP contribution in [0.3, 0.4) is 0 Å². The highest BCUT2D eigenvalue weighted by Crippen LogP contribution is 2.20. The maximum absolute atomic E-state index is 11.3. The lowest BCUT2D eigenvalue weighted by Crippen LogP contribution is -2.00. The van der Waals surface area contributed by atoms with Crippen LogP contribution >= 0.6 is 0 Å². The maximum Gasteiger partial charge on any atom is 0.339 e. The highest BCUT2D eigenvalue weighted by atomic mass is 16.5. The number of carbonyl (C=O) groups is 2. The number of benzene rings is 2. The normalized spacial score (nSPS) is 10.6. The molecule has 0 aromatic heterocycles. The predicted octanol–water partition coefficient (Wildman–Crippen LogP) is 3.05. The van der Waals surface area contributed by atoms with E-state index in [4.69, 9.17) is 5.11 Å². The van der Waals surface area contributed by atoms with Crippen LogP contribution in [0.5, 0.6) is 5.75 Å². The molecule has 22 heavy (non-hydrogen) atoms. The fraction of sp³-hybridized carbons (Fsp3) is 0.0588. The molecule has 2 aromatic carbocycles. The summed E-state index contributed by atoms with van der Waals surface area (Å²) in [6, 6.07) is 11.1.